The van der Waals surface area contributed by atoms with Crippen molar-refractivity contribution in [1.29, 1.82) is 0 Å². The first kappa shape index (κ1) is 22.9. The summed E-state index contributed by atoms with van der Waals surface area (Å²) in [5.41, 5.74) is 2.54. The van der Waals surface area contributed by atoms with Crippen molar-refractivity contribution in [3.8, 4) is 0 Å². The van der Waals surface area contributed by atoms with Gasteiger partial charge in [0.05, 0.1) is 12.3 Å². The molecule has 0 amide bonds. The number of carbonyl (C=O) groups is 1. The molecule has 0 radical (unpaired) electrons. The van der Waals surface area contributed by atoms with Crippen LogP contribution in [0.5, 0.6) is 0 Å². The first-order valence-corrected chi connectivity index (χ1v) is 13.0. The van der Waals surface area contributed by atoms with Gasteiger partial charge in [-0.2, -0.15) is 0 Å². The summed E-state index contributed by atoms with van der Waals surface area (Å²) in [6.07, 6.45) is 3.69. The molecule has 33 heavy (non-hydrogen) atoms. The van der Waals surface area contributed by atoms with Crippen LogP contribution >= 0.6 is 7.44 Å². The monoisotopic (exact) mass is 460 g/mol. The van der Waals surface area contributed by atoms with E-state index in [2.05, 4.69) is 9.34 Å². The van der Waals surface area contributed by atoms with E-state index in [1.54, 1.807) is 13.0 Å². The van der Waals surface area contributed by atoms with E-state index in [0.717, 1.165) is 16.9 Å². The molecule has 1 aliphatic heterocycles. The van der Waals surface area contributed by atoms with Crippen LogP contribution in [0.1, 0.15) is 24.6 Å². The van der Waals surface area contributed by atoms with E-state index in [4.69, 9.17) is 4.74 Å². The highest BCUT2D eigenvalue weighted by atomic mass is 31.2. The van der Waals surface area contributed by atoms with Gasteiger partial charge in [0, 0.05) is 30.5 Å². The Kier molecular flexibility index (Phi) is 7.31. The number of nitrogens with zero attached hydrogens (tertiary/aromatic N) is 2. The maximum Gasteiger partial charge on any atom is 0.330 e. The molecule has 0 bridgehead atoms. The zero-order valence-electron chi connectivity index (χ0n) is 18.8. The highest BCUT2D eigenvalue weighted by molar-refractivity contribution is 7.68. The number of allylic oxidation sites excluding steroid dienone is 1. The smallest absolute Gasteiger partial charge is 0.330 e. The molecule has 1 unspecified atom stereocenters. The number of benzene rings is 3. The van der Waals surface area contributed by atoms with E-state index >= 15 is 4.57 Å². The van der Waals surface area contributed by atoms with Crippen LogP contribution in [0.25, 0.3) is 0 Å². The lowest BCUT2D eigenvalue weighted by atomic mass is 10.1. The van der Waals surface area contributed by atoms with Gasteiger partial charge < -0.3 is 14.1 Å². The fourth-order valence-electron chi connectivity index (χ4n) is 4.36. The van der Waals surface area contributed by atoms with Crippen LogP contribution in [0.3, 0.4) is 0 Å². The van der Waals surface area contributed by atoms with Gasteiger partial charge in [-0.3, -0.25) is 4.57 Å². The molecule has 0 aromatic heterocycles. The number of hydrogen-bond acceptors (Lipinski definition) is 3. The molecule has 170 valence electrons. The predicted octanol–water partition coefficient (Wildman–Crippen LogP) is 6.46. The summed E-state index contributed by atoms with van der Waals surface area (Å²) in [6, 6.07) is 29.8. The lowest BCUT2D eigenvalue weighted by molar-refractivity contribution is -0.137. The molecule has 1 heterocycles. The van der Waals surface area contributed by atoms with Crippen molar-refractivity contribution in [1.82, 2.24) is 0 Å². The van der Waals surface area contributed by atoms with Gasteiger partial charge in [0.25, 0.3) is 7.44 Å². The molecule has 0 N–H and O–H groups in total. The van der Waals surface area contributed by atoms with E-state index in [1.165, 1.54) is 6.08 Å². The zero-order valence-corrected chi connectivity index (χ0v) is 19.7. The molecule has 0 saturated carbocycles. The molecule has 1 atom stereocenters. The van der Waals surface area contributed by atoms with Gasteiger partial charge in [0.1, 0.15) is 0 Å². The van der Waals surface area contributed by atoms with Gasteiger partial charge in [-0.1, -0.05) is 72.8 Å². The average Bonchev–Trinajstić information content (AvgIpc) is 3.21. The molecule has 6 heteroatoms. The Hall–Kier alpha value is -3.30. The fourth-order valence-corrected chi connectivity index (χ4v) is 7.93. The van der Waals surface area contributed by atoms with Gasteiger partial charge in [0.2, 0.25) is 0 Å². The highest BCUT2D eigenvalue weighted by Gasteiger charge is 2.49. The molecule has 0 aliphatic carbocycles. The van der Waals surface area contributed by atoms with Crippen LogP contribution in [0, 0.1) is 0 Å². The molecule has 5 nitrogen and oxygen atoms in total. The van der Waals surface area contributed by atoms with Crippen molar-refractivity contribution in [3.05, 3.63) is 109 Å². The minimum absolute atomic E-state index is 0.327. The minimum atomic E-state index is -3.18. The number of rotatable bonds is 8. The van der Waals surface area contributed by atoms with Crippen LogP contribution in [0.4, 0.5) is 11.4 Å². The molecule has 3 aromatic carbocycles. The second-order valence-electron chi connectivity index (χ2n) is 7.82. The molecule has 1 fully saturated rings. The number of anilines is 2. The molecular weight excluding hydrogens is 431 g/mol. The third-order valence-corrected chi connectivity index (χ3v) is 9.38. The van der Waals surface area contributed by atoms with E-state index in [0.29, 0.717) is 26.1 Å². The lowest BCUT2D eigenvalue weighted by Gasteiger charge is -2.38. The van der Waals surface area contributed by atoms with E-state index < -0.39 is 7.44 Å². The van der Waals surface area contributed by atoms with Crippen LogP contribution in [-0.4, -0.2) is 25.7 Å². The number of para-hydroxylation sites is 2. The van der Waals surface area contributed by atoms with Gasteiger partial charge in [0.15, 0.2) is 0 Å². The van der Waals surface area contributed by atoms with Crippen molar-refractivity contribution >= 4 is 24.8 Å². The number of ether oxygens (including phenoxy) is 1. The normalized spacial score (nSPS) is 16.2. The zero-order chi connectivity index (χ0) is 23.1. The maximum atomic E-state index is 15.3. The Morgan fingerprint density at radius 1 is 0.879 bits per heavy atom. The van der Waals surface area contributed by atoms with Crippen molar-refractivity contribution in [2.75, 3.05) is 29.0 Å². The summed E-state index contributed by atoms with van der Waals surface area (Å²) in [5.74, 6) is -0.381. The topological polar surface area (TPSA) is 49.9 Å². The number of hydrogen-bond donors (Lipinski definition) is 0. The van der Waals surface area contributed by atoms with Gasteiger partial charge in [-0.25, -0.2) is 4.79 Å². The summed E-state index contributed by atoms with van der Waals surface area (Å²) < 4.78 is 24.5. The SMILES string of the molecule is CCOC(=O)/C=C/CC(c1ccccc1)P1(=O)N(c2ccccc2)CCN1c1ccccc1. The molecule has 0 spiro atoms. The summed E-state index contributed by atoms with van der Waals surface area (Å²) in [6.45, 7) is 3.42. The number of esters is 1. The molecule has 4 rings (SSSR count). The molecular formula is C27H29N2O3P. The Bertz CT molecular complexity index is 1070. The van der Waals surface area contributed by atoms with E-state index in [9.17, 15) is 4.79 Å². The van der Waals surface area contributed by atoms with Gasteiger partial charge in [-0.15, -0.1) is 0 Å². The minimum Gasteiger partial charge on any atom is -0.463 e. The van der Waals surface area contributed by atoms with Crippen LogP contribution in [0.15, 0.2) is 103 Å². The number of carbonyl (C=O) groups excluding carboxylic acids is 1. The molecule has 3 aromatic rings. The Labute approximate surface area is 195 Å². The standard InChI is InChI=1S/C27H29N2O3P/c1-2-32-27(30)20-12-19-26(23-13-6-3-7-14-23)33(31)28(24-15-8-4-9-16-24)21-22-29(33)25-17-10-5-11-18-25/h3-18,20,26H,2,19,21-22H2,1H3/b20-12+. The quantitative estimate of drug-likeness (QED) is 0.219. The van der Waals surface area contributed by atoms with Crippen molar-refractivity contribution in [2.24, 2.45) is 0 Å². The second-order valence-corrected chi connectivity index (χ2v) is 10.6. The van der Waals surface area contributed by atoms with E-state index in [1.807, 2.05) is 91.0 Å². The Morgan fingerprint density at radius 3 is 1.85 bits per heavy atom. The fraction of sp³-hybridized carbons (Fsp3) is 0.222. The van der Waals surface area contributed by atoms with Crippen LogP contribution < -0.4 is 9.34 Å². The predicted molar refractivity (Wildman–Crippen MR) is 135 cm³/mol. The summed E-state index contributed by atoms with van der Waals surface area (Å²) in [7, 11) is -3.18. The Balaban J connectivity index is 1.81. The third-order valence-electron chi connectivity index (χ3n) is 5.81. The summed E-state index contributed by atoms with van der Waals surface area (Å²) >= 11 is 0. The summed E-state index contributed by atoms with van der Waals surface area (Å²) in [4.78, 5) is 11.9. The Morgan fingerprint density at radius 2 is 1.36 bits per heavy atom. The third kappa shape index (κ3) is 4.89. The second kappa shape index (κ2) is 10.5. The van der Waals surface area contributed by atoms with Crippen molar-refractivity contribution in [2.45, 2.75) is 19.0 Å². The first-order valence-electron chi connectivity index (χ1n) is 11.3. The average molecular weight is 461 g/mol. The van der Waals surface area contributed by atoms with Crippen LogP contribution in [-0.2, 0) is 14.1 Å². The lowest BCUT2D eigenvalue weighted by Crippen LogP contribution is -2.24. The van der Waals surface area contributed by atoms with Crippen LogP contribution in [0.2, 0.25) is 0 Å². The van der Waals surface area contributed by atoms with E-state index in [-0.39, 0.29) is 11.6 Å². The maximum absolute atomic E-state index is 15.3. The highest BCUT2D eigenvalue weighted by Crippen LogP contribution is 2.69. The van der Waals surface area contributed by atoms with Gasteiger partial charge in [-0.05, 0) is 43.2 Å². The largest absolute Gasteiger partial charge is 0.463 e. The molecule has 1 saturated heterocycles. The summed E-state index contributed by atoms with van der Waals surface area (Å²) in [5, 5.41) is 0. The van der Waals surface area contributed by atoms with Gasteiger partial charge >= 0.3 is 5.97 Å². The van der Waals surface area contributed by atoms with Crippen molar-refractivity contribution in [3.63, 3.8) is 0 Å². The molecule has 1 aliphatic rings. The van der Waals surface area contributed by atoms with Crippen molar-refractivity contribution < 1.29 is 14.1 Å². The first-order chi connectivity index (χ1) is 16.1.